The highest BCUT2D eigenvalue weighted by atomic mass is 31.2. The first kappa shape index (κ1) is 65.5. The van der Waals surface area contributed by atoms with Crippen LogP contribution in [0.5, 0.6) is 0 Å². The summed E-state index contributed by atoms with van der Waals surface area (Å²) in [5.41, 5.74) is 0. The van der Waals surface area contributed by atoms with Gasteiger partial charge >= 0.3 is 19.8 Å². The van der Waals surface area contributed by atoms with Crippen LogP contribution in [0.3, 0.4) is 0 Å². The van der Waals surface area contributed by atoms with Gasteiger partial charge in [0.1, 0.15) is 12.7 Å². The molecule has 0 aromatic carbocycles. The number of hydrogen-bond donors (Lipinski definition) is 4. The Morgan fingerprint density at radius 1 is 0.418 bits per heavy atom. The lowest BCUT2D eigenvalue weighted by Crippen LogP contribution is -2.43. The number of aliphatic hydroxyl groups is 1. The maximum absolute atomic E-state index is 12.4. The van der Waals surface area contributed by atoms with Crippen LogP contribution in [0.1, 0.15) is 303 Å². The van der Waals surface area contributed by atoms with Crippen LogP contribution in [0.2, 0.25) is 0 Å². The van der Waals surface area contributed by atoms with Gasteiger partial charge in [-0.05, 0) is 12.8 Å². The summed E-state index contributed by atoms with van der Waals surface area (Å²) in [6.07, 6.45) is 54.2. The van der Waals surface area contributed by atoms with Crippen molar-refractivity contribution in [1.29, 1.82) is 0 Å². The van der Waals surface area contributed by atoms with Gasteiger partial charge < -0.3 is 25.2 Å². The second kappa shape index (κ2) is 50.9. The number of aliphatic carboxylic acids is 1. The van der Waals surface area contributed by atoms with Crippen LogP contribution in [-0.2, 0) is 32.7 Å². The van der Waals surface area contributed by atoms with E-state index in [1.807, 2.05) is 0 Å². The van der Waals surface area contributed by atoms with Gasteiger partial charge in [0, 0.05) is 12.8 Å². The average Bonchev–Trinajstić information content (AvgIpc) is 3.31. The van der Waals surface area contributed by atoms with E-state index in [2.05, 4.69) is 19.2 Å². The summed E-state index contributed by atoms with van der Waals surface area (Å²) in [6.45, 7) is 2.68. The highest BCUT2D eigenvalue weighted by molar-refractivity contribution is 7.47. The van der Waals surface area contributed by atoms with Crippen molar-refractivity contribution in [2.24, 2.45) is 0 Å². The van der Waals surface area contributed by atoms with Crippen LogP contribution in [0.25, 0.3) is 0 Å². The molecular formula is C55H108NO10P. The van der Waals surface area contributed by atoms with Gasteiger partial charge in [0.2, 0.25) is 5.91 Å². The number of rotatable bonds is 55. The summed E-state index contributed by atoms with van der Waals surface area (Å²) in [5, 5.41) is 22.0. The topological polar surface area (TPSA) is 169 Å². The fourth-order valence-electron chi connectivity index (χ4n) is 8.73. The largest absolute Gasteiger partial charge is 0.480 e. The van der Waals surface area contributed by atoms with Crippen LogP contribution in [-0.4, -0.2) is 64.9 Å². The minimum atomic E-state index is -4.76. The summed E-state index contributed by atoms with van der Waals surface area (Å²) in [7, 11) is -4.76. The third-order valence-corrected chi connectivity index (χ3v) is 14.1. The molecule has 0 fully saturated rings. The Labute approximate surface area is 412 Å². The number of nitrogens with one attached hydrogen (secondary N) is 1. The number of ether oxygens (including phenoxy) is 1. The van der Waals surface area contributed by atoms with Crippen LogP contribution in [0.15, 0.2) is 0 Å². The molecule has 0 aromatic rings. The molecule has 0 aliphatic carbocycles. The van der Waals surface area contributed by atoms with Crippen molar-refractivity contribution < 1.29 is 47.8 Å². The molecule has 4 N–H and O–H groups in total. The molecular weight excluding hydrogens is 866 g/mol. The molecule has 11 nitrogen and oxygen atoms in total. The van der Waals surface area contributed by atoms with Crippen LogP contribution < -0.4 is 5.32 Å². The normalized spacial score (nSPS) is 13.4. The fourth-order valence-corrected chi connectivity index (χ4v) is 9.50. The first-order valence-corrected chi connectivity index (χ1v) is 30.1. The summed E-state index contributed by atoms with van der Waals surface area (Å²) in [5.74, 6) is -2.34. The van der Waals surface area contributed by atoms with E-state index in [0.29, 0.717) is 12.8 Å². The van der Waals surface area contributed by atoms with Crippen molar-refractivity contribution >= 4 is 25.7 Å². The van der Waals surface area contributed by atoms with Crippen LogP contribution in [0.4, 0.5) is 0 Å². The van der Waals surface area contributed by atoms with E-state index >= 15 is 0 Å². The maximum atomic E-state index is 12.4. The summed E-state index contributed by atoms with van der Waals surface area (Å²) in [4.78, 5) is 46.2. The zero-order valence-corrected chi connectivity index (χ0v) is 44.6. The number of carbonyl (C=O) groups is 3. The molecule has 398 valence electrons. The number of phosphoric ester groups is 1. The standard InChI is InChI=1S/C55H108NO10P/c1-3-5-7-9-11-13-15-17-19-21-23-25-27-29-31-33-35-37-39-41-43-45-47-54(59)64-48-51(57)49-65-67(62,63)66-50-52(55(60)61)56-53(58)46-44-42-40-38-36-34-32-30-28-26-24-22-20-18-16-14-12-10-8-6-4-2/h51-52,57H,3-50H2,1-2H3,(H,56,58)(H,60,61)(H,62,63). The van der Waals surface area contributed by atoms with E-state index in [0.717, 1.165) is 38.5 Å². The zero-order valence-electron chi connectivity index (χ0n) is 43.7. The number of phosphoric acid groups is 1. The molecule has 0 saturated heterocycles. The van der Waals surface area contributed by atoms with Gasteiger partial charge in [-0.25, -0.2) is 9.36 Å². The Hall–Kier alpha value is -1.52. The van der Waals surface area contributed by atoms with E-state index in [1.165, 1.54) is 225 Å². The summed E-state index contributed by atoms with van der Waals surface area (Å²) < 4.78 is 27.0. The van der Waals surface area contributed by atoms with Crippen molar-refractivity contribution in [1.82, 2.24) is 5.32 Å². The van der Waals surface area contributed by atoms with Gasteiger partial charge in [-0.3, -0.25) is 18.6 Å². The Morgan fingerprint density at radius 3 is 0.985 bits per heavy atom. The lowest BCUT2D eigenvalue weighted by molar-refractivity contribution is -0.147. The number of unbranched alkanes of at least 4 members (excludes halogenated alkanes) is 41. The predicted molar refractivity (Wildman–Crippen MR) is 277 cm³/mol. The lowest BCUT2D eigenvalue weighted by Gasteiger charge is -2.18. The molecule has 12 heteroatoms. The molecule has 0 aliphatic rings. The highest BCUT2D eigenvalue weighted by Gasteiger charge is 2.28. The third-order valence-electron chi connectivity index (χ3n) is 13.1. The molecule has 3 atom stereocenters. The fraction of sp³-hybridized carbons (Fsp3) is 0.945. The van der Waals surface area contributed by atoms with Crippen molar-refractivity contribution in [3.8, 4) is 0 Å². The Bertz CT molecular complexity index is 1140. The second-order valence-electron chi connectivity index (χ2n) is 19.9. The molecule has 0 radical (unpaired) electrons. The van der Waals surface area contributed by atoms with E-state index in [1.54, 1.807) is 0 Å². The van der Waals surface area contributed by atoms with Crippen molar-refractivity contribution in [2.75, 3.05) is 19.8 Å². The molecule has 0 spiro atoms. The molecule has 3 unspecified atom stereocenters. The van der Waals surface area contributed by atoms with Gasteiger partial charge in [0.15, 0.2) is 6.04 Å². The van der Waals surface area contributed by atoms with Gasteiger partial charge in [-0.15, -0.1) is 0 Å². The van der Waals surface area contributed by atoms with Gasteiger partial charge in [-0.1, -0.05) is 277 Å². The smallest absolute Gasteiger partial charge is 0.472 e. The van der Waals surface area contributed by atoms with Gasteiger partial charge in [0.25, 0.3) is 0 Å². The van der Waals surface area contributed by atoms with Crippen LogP contribution in [0, 0.1) is 0 Å². The lowest BCUT2D eigenvalue weighted by atomic mass is 10.0. The first-order chi connectivity index (χ1) is 32.6. The predicted octanol–water partition coefficient (Wildman–Crippen LogP) is 16.2. The highest BCUT2D eigenvalue weighted by Crippen LogP contribution is 2.43. The number of carboxylic acids is 1. The maximum Gasteiger partial charge on any atom is 0.472 e. The molecule has 0 saturated carbocycles. The average molecular weight is 974 g/mol. The number of carbonyl (C=O) groups excluding carboxylic acids is 2. The van der Waals surface area contributed by atoms with Crippen LogP contribution >= 0.6 is 7.82 Å². The van der Waals surface area contributed by atoms with E-state index < -0.39 is 57.6 Å². The van der Waals surface area contributed by atoms with E-state index in [4.69, 9.17) is 13.8 Å². The van der Waals surface area contributed by atoms with Crippen molar-refractivity contribution in [2.45, 2.75) is 315 Å². The number of esters is 1. The number of carboxylic acid groups (broad SMARTS) is 1. The Kier molecular flexibility index (Phi) is 49.7. The molecule has 0 bridgehead atoms. The Morgan fingerprint density at radius 2 is 0.687 bits per heavy atom. The number of aliphatic hydroxyl groups excluding tert-OH is 1. The number of amides is 1. The number of hydrogen-bond acceptors (Lipinski definition) is 8. The van der Waals surface area contributed by atoms with E-state index in [-0.39, 0.29) is 12.8 Å². The molecule has 0 rings (SSSR count). The zero-order chi connectivity index (χ0) is 49.2. The quantitative estimate of drug-likeness (QED) is 0.0261. The minimum absolute atomic E-state index is 0.153. The minimum Gasteiger partial charge on any atom is -0.480 e. The molecule has 1 amide bonds. The van der Waals surface area contributed by atoms with Gasteiger partial charge in [0.05, 0.1) is 13.2 Å². The first-order valence-electron chi connectivity index (χ1n) is 28.6. The molecule has 0 aromatic heterocycles. The van der Waals surface area contributed by atoms with E-state index in [9.17, 15) is 34.1 Å². The van der Waals surface area contributed by atoms with Crippen molar-refractivity contribution in [3.05, 3.63) is 0 Å². The van der Waals surface area contributed by atoms with Gasteiger partial charge in [-0.2, -0.15) is 0 Å². The SMILES string of the molecule is CCCCCCCCCCCCCCCCCCCCCCCCC(=O)OCC(O)COP(=O)(O)OCC(NC(=O)CCCCCCCCCCCCCCCCCCCCCCC)C(=O)O. The molecule has 0 aliphatic heterocycles. The summed E-state index contributed by atoms with van der Waals surface area (Å²) >= 11 is 0. The summed E-state index contributed by atoms with van der Waals surface area (Å²) in [6, 6.07) is -1.54. The molecule has 67 heavy (non-hydrogen) atoms. The molecule has 0 heterocycles. The second-order valence-corrected chi connectivity index (χ2v) is 21.3. The monoisotopic (exact) mass is 974 g/mol. The van der Waals surface area contributed by atoms with Crippen molar-refractivity contribution in [3.63, 3.8) is 0 Å². The Balaban J connectivity index is 3.72. The third kappa shape index (κ3) is 50.7.